The third-order valence-corrected chi connectivity index (χ3v) is 5.70. The molecular formula is C17H25N5OS. The third kappa shape index (κ3) is 3.86. The maximum atomic E-state index is 12.1. The lowest BCUT2D eigenvalue weighted by Crippen LogP contribution is -2.35. The average molecular weight is 347 g/mol. The summed E-state index contributed by atoms with van der Waals surface area (Å²) in [7, 11) is 0. The Balaban J connectivity index is 1.72. The molecule has 0 spiro atoms. The van der Waals surface area contributed by atoms with Crippen LogP contribution in [0.3, 0.4) is 0 Å². The van der Waals surface area contributed by atoms with E-state index < -0.39 is 0 Å². The van der Waals surface area contributed by atoms with Gasteiger partial charge in [0, 0.05) is 19.1 Å². The van der Waals surface area contributed by atoms with E-state index >= 15 is 0 Å². The Bertz CT molecular complexity index is 625. The molecule has 1 N–H and O–H groups in total. The lowest BCUT2D eigenvalue weighted by molar-refractivity contribution is -0.120. The second-order valence-electron chi connectivity index (χ2n) is 6.74. The molecule has 1 unspecified atom stereocenters. The summed E-state index contributed by atoms with van der Waals surface area (Å²) in [6, 6.07) is 0.484. The van der Waals surface area contributed by atoms with E-state index in [2.05, 4.69) is 37.8 Å². The first kappa shape index (κ1) is 17.2. The zero-order valence-corrected chi connectivity index (χ0v) is 15.2. The van der Waals surface area contributed by atoms with Gasteiger partial charge in [0.25, 0.3) is 0 Å². The molecule has 0 radical (unpaired) electrons. The normalized spacial score (nSPS) is 19.8. The first-order chi connectivity index (χ1) is 11.6. The first-order valence-corrected chi connectivity index (χ1v) is 9.55. The van der Waals surface area contributed by atoms with Gasteiger partial charge in [-0.2, -0.15) is 0 Å². The molecule has 1 aromatic rings. The number of amides is 1. The number of hydrogen-bond acceptors (Lipinski definition) is 5. The number of carbonyl (C=O) groups is 1. The van der Waals surface area contributed by atoms with Crippen LogP contribution in [0.4, 0.5) is 5.95 Å². The molecule has 0 aromatic carbocycles. The minimum atomic E-state index is -0.241. The van der Waals surface area contributed by atoms with Crippen LogP contribution in [0.1, 0.15) is 45.6 Å². The van der Waals surface area contributed by atoms with Crippen molar-refractivity contribution in [2.75, 3.05) is 24.5 Å². The molecule has 7 heteroatoms. The molecule has 1 aromatic heterocycles. The van der Waals surface area contributed by atoms with E-state index in [1.807, 2.05) is 6.92 Å². The lowest BCUT2D eigenvalue weighted by Gasteiger charge is -2.31. The summed E-state index contributed by atoms with van der Waals surface area (Å²) in [5, 5.41) is 12.2. The molecule has 1 atom stereocenters. The van der Waals surface area contributed by atoms with Crippen molar-refractivity contribution in [2.45, 2.75) is 56.0 Å². The number of hydrogen-bond donors (Lipinski definition) is 1. The van der Waals surface area contributed by atoms with E-state index in [0.717, 1.165) is 30.1 Å². The van der Waals surface area contributed by atoms with Crippen molar-refractivity contribution in [2.24, 2.45) is 5.92 Å². The highest BCUT2D eigenvalue weighted by atomic mass is 32.2. The molecule has 1 amide bonds. The smallest absolute Gasteiger partial charge is 0.234 e. The molecule has 1 saturated carbocycles. The Labute approximate surface area is 147 Å². The van der Waals surface area contributed by atoms with Crippen LogP contribution in [0.15, 0.2) is 5.16 Å². The van der Waals surface area contributed by atoms with Gasteiger partial charge in [-0.15, -0.1) is 16.6 Å². The molecule has 130 valence electrons. The van der Waals surface area contributed by atoms with Crippen LogP contribution in [0.2, 0.25) is 0 Å². The zero-order chi connectivity index (χ0) is 17.1. The summed E-state index contributed by atoms with van der Waals surface area (Å²) in [4.78, 5) is 14.4. The summed E-state index contributed by atoms with van der Waals surface area (Å²) in [6.45, 7) is 6.52. The Kier molecular flexibility index (Phi) is 5.34. The first-order valence-electron chi connectivity index (χ1n) is 8.67. The van der Waals surface area contributed by atoms with Gasteiger partial charge in [0.15, 0.2) is 5.16 Å². The van der Waals surface area contributed by atoms with E-state index in [1.54, 1.807) is 0 Å². The van der Waals surface area contributed by atoms with Crippen molar-refractivity contribution in [3.8, 4) is 12.3 Å². The van der Waals surface area contributed by atoms with Gasteiger partial charge >= 0.3 is 0 Å². The maximum absolute atomic E-state index is 12.1. The lowest BCUT2D eigenvalue weighted by atomic mass is 10.00. The summed E-state index contributed by atoms with van der Waals surface area (Å²) in [5.74, 6) is 4.13. The van der Waals surface area contributed by atoms with Crippen molar-refractivity contribution >= 4 is 23.6 Å². The predicted octanol–water partition coefficient (Wildman–Crippen LogP) is 2.08. The number of aromatic nitrogens is 3. The zero-order valence-electron chi connectivity index (χ0n) is 14.4. The van der Waals surface area contributed by atoms with Gasteiger partial charge in [-0.3, -0.25) is 9.36 Å². The molecule has 2 heterocycles. The number of nitrogens with zero attached hydrogens (tertiary/aromatic N) is 4. The topological polar surface area (TPSA) is 63.1 Å². The Morgan fingerprint density at radius 1 is 1.38 bits per heavy atom. The fourth-order valence-corrected chi connectivity index (χ4v) is 3.86. The number of carbonyl (C=O) groups excluding carboxylic acids is 1. The van der Waals surface area contributed by atoms with Crippen LogP contribution in [0.25, 0.3) is 0 Å². The molecule has 3 rings (SSSR count). The molecular weight excluding hydrogens is 322 g/mol. The van der Waals surface area contributed by atoms with Crippen molar-refractivity contribution < 1.29 is 4.79 Å². The van der Waals surface area contributed by atoms with Crippen LogP contribution in [-0.2, 0) is 4.79 Å². The third-order valence-electron chi connectivity index (χ3n) is 4.64. The highest BCUT2D eigenvalue weighted by Crippen LogP contribution is 2.42. The molecule has 6 nitrogen and oxygen atoms in total. The van der Waals surface area contributed by atoms with E-state index in [4.69, 9.17) is 6.42 Å². The quantitative estimate of drug-likeness (QED) is 0.630. The summed E-state index contributed by atoms with van der Waals surface area (Å²) in [5.41, 5.74) is 0. The number of piperidine rings is 1. The van der Waals surface area contributed by atoms with E-state index in [1.165, 1.54) is 37.4 Å². The van der Waals surface area contributed by atoms with Crippen molar-refractivity contribution in [3.05, 3.63) is 0 Å². The SMILES string of the molecule is C#CCNC(=O)C(C)Sc1nnc(N2CCC(C)CC2)n1C1CC1. The van der Waals surface area contributed by atoms with Gasteiger partial charge in [-0.1, -0.05) is 24.6 Å². The van der Waals surface area contributed by atoms with E-state index in [-0.39, 0.29) is 17.7 Å². The largest absolute Gasteiger partial charge is 0.344 e. The van der Waals surface area contributed by atoms with Crippen molar-refractivity contribution in [3.63, 3.8) is 0 Å². The molecule has 24 heavy (non-hydrogen) atoms. The summed E-state index contributed by atoms with van der Waals surface area (Å²) in [6.07, 6.45) is 9.93. The van der Waals surface area contributed by atoms with Crippen molar-refractivity contribution in [1.29, 1.82) is 0 Å². The Morgan fingerprint density at radius 3 is 2.71 bits per heavy atom. The number of thioether (sulfide) groups is 1. The highest BCUT2D eigenvalue weighted by Gasteiger charge is 2.33. The van der Waals surface area contributed by atoms with Gasteiger partial charge in [0.05, 0.1) is 11.8 Å². The molecule has 0 bridgehead atoms. The van der Waals surface area contributed by atoms with Gasteiger partial charge < -0.3 is 10.2 Å². The van der Waals surface area contributed by atoms with Crippen molar-refractivity contribution in [1.82, 2.24) is 20.1 Å². The standard InChI is InChI=1S/C17H25N5OS/c1-4-9-18-15(23)13(3)24-17-20-19-16(22(17)14-5-6-14)21-10-7-12(2)8-11-21/h1,12-14H,5-11H2,2-3H3,(H,18,23). The van der Waals surface area contributed by atoms with E-state index in [9.17, 15) is 4.79 Å². The van der Waals surface area contributed by atoms with Crippen LogP contribution in [-0.4, -0.2) is 45.6 Å². The van der Waals surface area contributed by atoms with Gasteiger partial charge in [-0.25, -0.2) is 0 Å². The monoisotopic (exact) mass is 347 g/mol. The van der Waals surface area contributed by atoms with E-state index in [0.29, 0.717) is 6.04 Å². The summed E-state index contributed by atoms with van der Waals surface area (Å²) >= 11 is 1.46. The predicted molar refractivity (Wildman–Crippen MR) is 96.1 cm³/mol. The fourth-order valence-electron chi connectivity index (χ4n) is 2.92. The molecule has 1 aliphatic heterocycles. The van der Waals surface area contributed by atoms with Crippen LogP contribution in [0.5, 0.6) is 0 Å². The second-order valence-corrected chi connectivity index (χ2v) is 8.04. The number of nitrogens with one attached hydrogen (secondary N) is 1. The second kappa shape index (κ2) is 7.47. The van der Waals surface area contributed by atoms with Gasteiger partial charge in [0.1, 0.15) is 0 Å². The number of rotatable bonds is 6. The van der Waals surface area contributed by atoms with Crippen LogP contribution < -0.4 is 10.2 Å². The van der Waals surface area contributed by atoms with Crippen LogP contribution >= 0.6 is 11.8 Å². The van der Waals surface area contributed by atoms with Gasteiger partial charge in [-0.05, 0) is 38.5 Å². The minimum Gasteiger partial charge on any atom is -0.344 e. The number of terminal acetylenes is 1. The molecule has 2 aliphatic rings. The molecule has 2 fully saturated rings. The fraction of sp³-hybridized carbons (Fsp3) is 0.706. The highest BCUT2D eigenvalue weighted by molar-refractivity contribution is 8.00. The van der Waals surface area contributed by atoms with Crippen LogP contribution in [0, 0.1) is 18.3 Å². The maximum Gasteiger partial charge on any atom is 0.234 e. The van der Waals surface area contributed by atoms with Gasteiger partial charge in [0.2, 0.25) is 11.9 Å². The minimum absolute atomic E-state index is 0.0587. The Hall–Kier alpha value is -1.68. The Morgan fingerprint density at radius 2 is 2.08 bits per heavy atom. The number of anilines is 1. The molecule has 1 saturated heterocycles. The summed E-state index contributed by atoms with van der Waals surface area (Å²) < 4.78 is 2.24. The molecule has 1 aliphatic carbocycles. The average Bonchev–Trinajstić information content (AvgIpc) is 3.34.